The summed E-state index contributed by atoms with van der Waals surface area (Å²) in [5.41, 5.74) is 4.28. The summed E-state index contributed by atoms with van der Waals surface area (Å²) in [6.07, 6.45) is 1.22. The minimum atomic E-state index is 0.0473. The molecule has 1 aromatic carbocycles. The molecule has 2 N–H and O–H groups in total. The Labute approximate surface area is 127 Å². The van der Waals surface area contributed by atoms with Crippen LogP contribution in [0.1, 0.15) is 22.5 Å². The molecule has 106 valence electrons. The third-order valence-corrected chi connectivity index (χ3v) is 3.78. The normalized spacial score (nSPS) is 10.6. The molecular weight excluding hydrogens is 318 g/mol. The number of hydrogen-bond donors (Lipinski definition) is 2. The maximum atomic E-state index is 11.8. The van der Waals surface area contributed by atoms with Crippen LogP contribution in [-0.2, 0) is 17.6 Å². The molecule has 0 aliphatic heterocycles. The maximum Gasteiger partial charge on any atom is 0.224 e. The molecule has 5 heteroatoms. The van der Waals surface area contributed by atoms with Crippen LogP contribution in [0.5, 0.6) is 0 Å². The molecule has 1 heterocycles. The zero-order valence-electron chi connectivity index (χ0n) is 11.7. The number of halogens is 1. The van der Waals surface area contributed by atoms with Gasteiger partial charge in [0.15, 0.2) is 0 Å². The Morgan fingerprint density at radius 3 is 2.60 bits per heavy atom. The lowest BCUT2D eigenvalue weighted by Crippen LogP contribution is -2.27. The molecule has 0 saturated heterocycles. The number of H-pyrrole nitrogens is 1. The first-order chi connectivity index (χ1) is 9.56. The van der Waals surface area contributed by atoms with Crippen LogP contribution in [0, 0.1) is 13.8 Å². The Kier molecular flexibility index (Phi) is 4.95. The highest BCUT2D eigenvalue weighted by Crippen LogP contribution is 2.11. The Morgan fingerprint density at radius 2 is 2.00 bits per heavy atom. The first-order valence-electron chi connectivity index (χ1n) is 6.58. The number of carbonyl (C=O) groups excluding carboxylic acids is 1. The van der Waals surface area contributed by atoms with Crippen LogP contribution in [0.2, 0.25) is 0 Å². The van der Waals surface area contributed by atoms with E-state index in [2.05, 4.69) is 31.4 Å². The Hall–Kier alpha value is -1.62. The van der Waals surface area contributed by atoms with Crippen LogP contribution in [0.15, 0.2) is 28.7 Å². The van der Waals surface area contributed by atoms with E-state index in [-0.39, 0.29) is 5.91 Å². The lowest BCUT2D eigenvalue weighted by atomic mass is 10.1. The standard InChI is InChI=1S/C15H18BrN3O/c1-10-14(11(2)19-18-10)7-8-17-15(20)9-12-3-5-13(16)6-4-12/h3-6H,7-9H2,1-2H3,(H,17,20)(H,18,19). The van der Waals surface area contributed by atoms with Crippen molar-refractivity contribution in [2.24, 2.45) is 0 Å². The summed E-state index contributed by atoms with van der Waals surface area (Å²) < 4.78 is 1.02. The molecule has 0 spiro atoms. The molecule has 0 aliphatic rings. The third kappa shape index (κ3) is 3.93. The number of aromatic amines is 1. The van der Waals surface area contributed by atoms with E-state index in [1.165, 1.54) is 5.56 Å². The first kappa shape index (κ1) is 14.8. The van der Waals surface area contributed by atoms with Gasteiger partial charge in [-0.3, -0.25) is 9.89 Å². The van der Waals surface area contributed by atoms with Gasteiger partial charge in [0.25, 0.3) is 0 Å². The Bertz CT molecular complexity index is 570. The summed E-state index contributed by atoms with van der Waals surface area (Å²) in [5, 5.41) is 10.0. The number of nitrogens with zero attached hydrogens (tertiary/aromatic N) is 1. The molecule has 2 aromatic rings. The highest BCUT2D eigenvalue weighted by molar-refractivity contribution is 9.10. The minimum Gasteiger partial charge on any atom is -0.355 e. The number of benzene rings is 1. The second-order valence-electron chi connectivity index (χ2n) is 4.82. The van der Waals surface area contributed by atoms with E-state index in [4.69, 9.17) is 0 Å². The molecule has 0 atom stereocenters. The molecule has 0 unspecified atom stereocenters. The highest BCUT2D eigenvalue weighted by Gasteiger charge is 2.07. The van der Waals surface area contributed by atoms with Crippen molar-refractivity contribution in [1.29, 1.82) is 0 Å². The van der Waals surface area contributed by atoms with Gasteiger partial charge in [0.2, 0.25) is 5.91 Å². The predicted molar refractivity (Wildman–Crippen MR) is 82.6 cm³/mol. The van der Waals surface area contributed by atoms with Crippen LogP contribution in [0.3, 0.4) is 0 Å². The number of rotatable bonds is 5. The fourth-order valence-corrected chi connectivity index (χ4v) is 2.38. The fourth-order valence-electron chi connectivity index (χ4n) is 2.12. The van der Waals surface area contributed by atoms with Crippen LogP contribution >= 0.6 is 15.9 Å². The second-order valence-corrected chi connectivity index (χ2v) is 5.73. The number of hydrogen-bond acceptors (Lipinski definition) is 2. The number of nitrogens with one attached hydrogen (secondary N) is 2. The predicted octanol–water partition coefficient (Wildman–Crippen LogP) is 2.69. The van der Waals surface area contributed by atoms with Crippen LogP contribution in [0.25, 0.3) is 0 Å². The van der Waals surface area contributed by atoms with E-state index in [0.717, 1.165) is 27.8 Å². The van der Waals surface area contributed by atoms with Crippen molar-refractivity contribution in [2.45, 2.75) is 26.7 Å². The molecule has 2 rings (SSSR count). The molecule has 0 radical (unpaired) electrons. The van der Waals surface area contributed by atoms with Gasteiger partial charge < -0.3 is 5.32 Å². The van der Waals surface area contributed by atoms with Gasteiger partial charge in [0.1, 0.15) is 0 Å². The quantitative estimate of drug-likeness (QED) is 0.882. The SMILES string of the molecule is Cc1n[nH]c(C)c1CCNC(=O)Cc1ccc(Br)cc1. The Balaban J connectivity index is 1.79. The van der Waals surface area contributed by atoms with Crippen molar-refractivity contribution in [2.75, 3.05) is 6.54 Å². The minimum absolute atomic E-state index is 0.0473. The van der Waals surface area contributed by atoms with E-state index in [1.807, 2.05) is 38.1 Å². The van der Waals surface area contributed by atoms with E-state index in [0.29, 0.717) is 13.0 Å². The van der Waals surface area contributed by atoms with Gasteiger partial charge in [-0.05, 0) is 43.5 Å². The summed E-state index contributed by atoms with van der Waals surface area (Å²) in [4.78, 5) is 11.8. The van der Waals surface area contributed by atoms with Gasteiger partial charge >= 0.3 is 0 Å². The molecular formula is C15H18BrN3O. The largest absolute Gasteiger partial charge is 0.355 e. The lowest BCUT2D eigenvalue weighted by molar-refractivity contribution is -0.120. The molecule has 1 amide bonds. The topological polar surface area (TPSA) is 57.8 Å². The number of carbonyl (C=O) groups is 1. The summed E-state index contributed by atoms with van der Waals surface area (Å²) >= 11 is 3.38. The van der Waals surface area contributed by atoms with Crippen LogP contribution < -0.4 is 5.32 Å². The van der Waals surface area contributed by atoms with Crippen LogP contribution in [-0.4, -0.2) is 22.6 Å². The third-order valence-electron chi connectivity index (χ3n) is 3.26. The average molecular weight is 336 g/mol. The Morgan fingerprint density at radius 1 is 1.30 bits per heavy atom. The zero-order chi connectivity index (χ0) is 14.5. The van der Waals surface area contributed by atoms with E-state index < -0.39 is 0 Å². The highest BCUT2D eigenvalue weighted by atomic mass is 79.9. The van der Waals surface area contributed by atoms with E-state index in [9.17, 15) is 4.79 Å². The van der Waals surface area contributed by atoms with Crippen molar-refractivity contribution in [3.8, 4) is 0 Å². The van der Waals surface area contributed by atoms with Gasteiger partial charge in [0.05, 0.1) is 12.1 Å². The smallest absolute Gasteiger partial charge is 0.224 e. The van der Waals surface area contributed by atoms with Gasteiger partial charge in [-0.2, -0.15) is 5.10 Å². The number of amides is 1. The second kappa shape index (κ2) is 6.70. The number of aryl methyl sites for hydroxylation is 2. The number of aromatic nitrogens is 2. The monoisotopic (exact) mass is 335 g/mol. The molecule has 0 aliphatic carbocycles. The van der Waals surface area contributed by atoms with Crippen molar-refractivity contribution >= 4 is 21.8 Å². The van der Waals surface area contributed by atoms with Gasteiger partial charge in [0, 0.05) is 16.7 Å². The van der Waals surface area contributed by atoms with Crippen LogP contribution in [0.4, 0.5) is 0 Å². The average Bonchev–Trinajstić information content (AvgIpc) is 2.73. The van der Waals surface area contributed by atoms with Gasteiger partial charge in [-0.25, -0.2) is 0 Å². The molecule has 0 bridgehead atoms. The maximum absolute atomic E-state index is 11.8. The summed E-state index contributed by atoms with van der Waals surface area (Å²) in [7, 11) is 0. The fraction of sp³-hybridized carbons (Fsp3) is 0.333. The van der Waals surface area contributed by atoms with Gasteiger partial charge in [-0.1, -0.05) is 28.1 Å². The lowest BCUT2D eigenvalue weighted by Gasteiger charge is -2.06. The van der Waals surface area contributed by atoms with Crippen molar-refractivity contribution in [1.82, 2.24) is 15.5 Å². The van der Waals surface area contributed by atoms with Crippen molar-refractivity contribution in [3.63, 3.8) is 0 Å². The molecule has 1 aromatic heterocycles. The van der Waals surface area contributed by atoms with Crippen molar-refractivity contribution < 1.29 is 4.79 Å². The molecule has 20 heavy (non-hydrogen) atoms. The van der Waals surface area contributed by atoms with Crippen molar-refractivity contribution in [3.05, 3.63) is 51.3 Å². The van der Waals surface area contributed by atoms with E-state index in [1.54, 1.807) is 0 Å². The van der Waals surface area contributed by atoms with E-state index >= 15 is 0 Å². The van der Waals surface area contributed by atoms with Gasteiger partial charge in [-0.15, -0.1) is 0 Å². The first-order valence-corrected chi connectivity index (χ1v) is 7.37. The molecule has 0 fully saturated rings. The summed E-state index contributed by atoms with van der Waals surface area (Å²) in [6.45, 7) is 4.61. The summed E-state index contributed by atoms with van der Waals surface area (Å²) in [5.74, 6) is 0.0473. The summed E-state index contributed by atoms with van der Waals surface area (Å²) in [6, 6.07) is 7.80. The zero-order valence-corrected chi connectivity index (χ0v) is 13.3. The molecule has 4 nitrogen and oxygen atoms in total. The molecule has 0 saturated carbocycles.